The van der Waals surface area contributed by atoms with E-state index in [1.165, 1.54) is 10.9 Å². The molecule has 8 heteroatoms. The molecular formula is C13H21N5O3. The Bertz CT molecular complexity index is 526. The fourth-order valence-electron chi connectivity index (χ4n) is 2.59. The fourth-order valence-corrected chi connectivity index (χ4v) is 2.59. The number of carbonyl (C=O) groups is 2. The summed E-state index contributed by atoms with van der Waals surface area (Å²) in [5.74, 6) is -1.12. The minimum atomic E-state index is -1.12. The number of aromatic carboxylic acids is 1. The Morgan fingerprint density at radius 1 is 1.52 bits per heavy atom. The molecule has 8 nitrogen and oxygen atoms in total. The predicted octanol–water partition coefficient (Wildman–Crippen LogP) is 0.854. The number of nitrogens with zero attached hydrogens (tertiary/aromatic N) is 3. The van der Waals surface area contributed by atoms with Gasteiger partial charge in [0.05, 0.1) is 12.7 Å². The molecule has 0 saturated heterocycles. The Labute approximate surface area is 122 Å². The quantitative estimate of drug-likeness (QED) is 0.746. The van der Waals surface area contributed by atoms with Crippen molar-refractivity contribution >= 4 is 12.0 Å². The Hall–Kier alpha value is -2.12. The molecule has 1 heterocycles. The topological polar surface area (TPSA) is 109 Å². The number of nitrogens with one attached hydrogen (secondary N) is 2. The molecule has 116 valence electrons. The zero-order chi connectivity index (χ0) is 15.5. The first-order chi connectivity index (χ1) is 9.88. The molecule has 2 amide bonds. The van der Waals surface area contributed by atoms with Crippen LogP contribution in [0.2, 0.25) is 0 Å². The van der Waals surface area contributed by atoms with Crippen molar-refractivity contribution in [2.45, 2.75) is 45.7 Å². The van der Waals surface area contributed by atoms with E-state index in [-0.39, 0.29) is 23.2 Å². The second-order valence-corrected chi connectivity index (χ2v) is 6.01. The lowest BCUT2D eigenvalue weighted by atomic mass is 9.87. The fraction of sp³-hybridized carbons (Fsp3) is 0.692. The Kier molecular flexibility index (Phi) is 4.44. The molecule has 21 heavy (non-hydrogen) atoms. The van der Waals surface area contributed by atoms with Crippen LogP contribution in [0, 0.1) is 5.41 Å². The van der Waals surface area contributed by atoms with Gasteiger partial charge in [0.2, 0.25) is 0 Å². The van der Waals surface area contributed by atoms with Crippen LogP contribution < -0.4 is 10.6 Å². The van der Waals surface area contributed by atoms with Gasteiger partial charge in [-0.1, -0.05) is 25.5 Å². The number of hydrogen-bond acceptors (Lipinski definition) is 4. The molecule has 1 aromatic heterocycles. The lowest BCUT2D eigenvalue weighted by molar-refractivity contribution is 0.0690. The van der Waals surface area contributed by atoms with Crippen molar-refractivity contribution in [2.24, 2.45) is 5.41 Å². The van der Waals surface area contributed by atoms with Crippen LogP contribution in [0.1, 0.15) is 43.6 Å². The maximum Gasteiger partial charge on any atom is 0.358 e. The van der Waals surface area contributed by atoms with Gasteiger partial charge in [0.25, 0.3) is 0 Å². The Morgan fingerprint density at radius 3 is 2.86 bits per heavy atom. The predicted molar refractivity (Wildman–Crippen MR) is 74.9 cm³/mol. The highest BCUT2D eigenvalue weighted by Gasteiger charge is 2.35. The van der Waals surface area contributed by atoms with Gasteiger partial charge in [-0.2, -0.15) is 0 Å². The van der Waals surface area contributed by atoms with E-state index in [0.29, 0.717) is 13.1 Å². The maximum absolute atomic E-state index is 11.8. The number of rotatable bonds is 5. The molecule has 1 saturated carbocycles. The summed E-state index contributed by atoms with van der Waals surface area (Å²) in [6.07, 6.45) is 4.59. The van der Waals surface area contributed by atoms with Crippen LogP contribution in [0.3, 0.4) is 0 Å². The van der Waals surface area contributed by atoms with Gasteiger partial charge in [-0.3, -0.25) is 0 Å². The van der Waals surface area contributed by atoms with E-state index < -0.39 is 5.97 Å². The van der Waals surface area contributed by atoms with Crippen molar-refractivity contribution in [3.05, 3.63) is 11.9 Å². The van der Waals surface area contributed by atoms with Crippen LogP contribution in [0.4, 0.5) is 4.79 Å². The molecule has 1 aliphatic carbocycles. The highest BCUT2D eigenvalue weighted by atomic mass is 16.4. The van der Waals surface area contributed by atoms with Crippen LogP contribution in [0.5, 0.6) is 0 Å². The van der Waals surface area contributed by atoms with Gasteiger partial charge in [0.1, 0.15) is 0 Å². The molecule has 1 aromatic rings. The molecule has 1 unspecified atom stereocenters. The highest BCUT2D eigenvalue weighted by Crippen LogP contribution is 2.36. The third-order valence-electron chi connectivity index (χ3n) is 3.95. The number of aromatic nitrogens is 3. The number of hydrogen-bond donors (Lipinski definition) is 3. The number of carboxylic acids is 1. The smallest absolute Gasteiger partial charge is 0.358 e. The summed E-state index contributed by atoms with van der Waals surface area (Å²) >= 11 is 0. The minimum absolute atomic E-state index is 0.104. The van der Waals surface area contributed by atoms with E-state index in [1.807, 2.05) is 0 Å². The molecule has 1 atom stereocenters. The zero-order valence-electron chi connectivity index (χ0n) is 12.3. The molecule has 0 aliphatic heterocycles. The van der Waals surface area contributed by atoms with Gasteiger partial charge in [0, 0.05) is 12.6 Å². The summed E-state index contributed by atoms with van der Waals surface area (Å²) in [7, 11) is 0. The van der Waals surface area contributed by atoms with Crippen molar-refractivity contribution in [2.75, 3.05) is 6.54 Å². The van der Waals surface area contributed by atoms with Gasteiger partial charge in [-0.15, -0.1) is 5.10 Å². The SMILES string of the molecule is CC1(C)CCCC1NC(=O)NCCn1cc(C(=O)O)nn1. The first-order valence-electron chi connectivity index (χ1n) is 7.06. The number of carbonyl (C=O) groups excluding carboxylic acids is 1. The summed E-state index contributed by atoms with van der Waals surface area (Å²) in [5.41, 5.74) is 0.0340. The number of amides is 2. The second-order valence-electron chi connectivity index (χ2n) is 6.01. The minimum Gasteiger partial charge on any atom is -0.476 e. The molecular weight excluding hydrogens is 274 g/mol. The summed E-state index contributed by atoms with van der Waals surface area (Å²) in [5, 5.41) is 21.6. The average Bonchev–Trinajstić information content (AvgIpc) is 2.97. The van der Waals surface area contributed by atoms with E-state index in [4.69, 9.17) is 5.11 Å². The lowest BCUT2D eigenvalue weighted by Gasteiger charge is -2.27. The van der Waals surface area contributed by atoms with E-state index >= 15 is 0 Å². The Morgan fingerprint density at radius 2 is 2.29 bits per heavy atom. The van der Waals surface area contributed by atoms with Crippen molar-refractivity contribution in [1.29, 1.82) is 0 Å². The van der Waals surface area contributed by atoms with E-state index in [9.17, 15) is 9.59 Å². The molecule has 0 aromatic carbocycles. The number of urea groups is 1. The third-order valence-corrected chi connectivity index (χ3v) is 3.95. The van der Waals surface area contributed by atoms with E-state index in [1.54, 1.807) is 0 Å². The van der Waals surface area contributed by atoms with Gasteiger partial charge in [-0.25, -0.2) is 14.3 Å². The van der Waals surface area contributed by atoms with Crippen molar-refractivity contribution < 1.29 is 14.7 Å². The van der Waals surface area contributed by atoms with Crippen molar-refractivity contribution in [3.63, 3.8) is 0 Å². The molecule has 0 bridgehead atoms. The van der Waals surface area contributed by atoms with Gasteiger partial charge >= 0.3 is 12.0 Å². The van der Waals surface area contributed by atoms with E-state index in [2.05, 4.69) is 34.8 Å². The maximum atomic E-state index is 11.8. The second kappa shape index (κ2) is 6.11. The molecule has 0 spiro atoms. The number of carboxylic acid groups (broad SMARTS) is 1. The molecule has 2 rings (SSSR count). The molecule has 1 aliphatic rings. The van der Waals surface area contributed by atoms with Crippen LogP contribution >= 0.6 is 0 Å². The molecule has 1 fully saturated rings. The largest absolute Gasteiger partial charge is 0.476 e. The third kappa shape index (κ3) is 3.93. The summed E-state index contributed by atoms with van der Waals surface area (Å²) in [4.78, 5) is 22.5. The first kappa shape index (κ1) is 15.3. The average molecular weight is 295 g/mol. The highest BCUT2D eigenvalue weighted by molar-refractivity contribution is 5.84. The van der Waals surface area contributed by atoms with Gasteiger partial charge < -0.3 is 15.7 Å². The van der Waals surface area contributed by atoms with Gasteiger partial charge in [-0.05, 0) is 18.3 Å². The van der Waals surface area contributed by atoms with Crippen molar-refractivity contribution in [1.82, 2.24) is 25.6 Å². The van der Waals surface area contributed by atoms with Gasteiger partial charge in [0.15, 0.2) is 5.69 Å². The normalized spacial score (nSPS) is 20.2. The lowest BCUT2D eigenvalue weighted by Crippen LogP contribution is -2.47. The molecule has 3 N–H and O–H groups in total. The standard InChI is InChI=1S/C13H21N5O3/c1-13(2)5-3-4-10(13)15-12(21)14-6-7-18-8-9(11(19)20)16-17-18/h8,10H,3-7H2,1-2H3,(H,19,20)(H2,14,15,21). The zero-order valence-corrected chi connectivity index (χ0v) is 12.3. The monoisotopic (exact) mass is 295 g/mol. The van der Waals surface area contributed by atoms with Crippen LogP contribution in [0.15, 0.2) is 6.20 Å². The van der Waals surface area contributed by atoms with Crippen LogP contribution in [0.25, 0.3) is 0 Å². The Balaban J connectivity index is 1.73. The van der Waals surface area contributed by atoms with Crippen LogP contribution in [-0.4, -0.2) is 44.7 Å². The first-order valence-corrected chi connectivity index (χ1v) is 7.06. The van der Waals surface area contributed by atoms with Crippen molar-refractivity contribution in [3.8, 4) is 0 Å². The summed E-state index contributed by atoms with van der Waals surface area (Å²) < 4.78 is 1.39. The molecule has 0 radical (unpaired) electrons. The van der Waals surface area contributed by atoms with Crippen LogP contribution in [-0.2, 0) is 6.54 Å². The van der Waals surface area contributed by atoms with E-state index in [0.717, 1.165) is 19.3 Å². The summed E-state index contributed by atoms with van der Waals surface area (Å²) in [6, 6.07) is -0.00367. The summed E-state index contributed by atoms with van der Waals surface area (Å²) in [6.45, 7) is 5.06.